The zero-order valence-electron chi connectivity index (χ0n) is 23.3. The van der Waals surface area contributed by atoms with E-state index in [4.69, 9.17) is 23.4 Å². The SMILES string of the molecule is CCOC(=O)/C(C)=C\[C@H](Cc1ccccc1)N(Cc1ccc(OC)cc1)C(=O)[C]1[CH][CH][CH]CC1.[C-]#[O+].[C-]#[O+].[C-]#[O+].[Fe]. The number of amides is 1. The number of hydrogen-bond donors (Lipinski definition) is 0. The van der Waals surface area contributed by atoms with Crippen LogP contribution in [0.25, 0.3) is 0 Å². The summed E-state index contributed by atoms with van der Waals surface area (Å²) in [4.78, 5) is 28.1. The van der Waals surface area contributed by atoms with Crippen molar-refractivity contribution in [1.82, 2.24) is 4.90 Å². The maximum Gasteiger partial charge on any atom is 0 e. The van der Waals surface area contributed by atoms with Gasteiger partial charge in [0.05, 0.1) is 25.7 Å². The minimum atomic E-state index is -0.364. The van der Waals surface area contributed by atoms with Gasteiger partial charge in [-0.05, 0) is 75.6 Å². The van der Waals surface area contributed by atoms with Gasteiger partial charge >= 0.3 is 39.9 Å². The first-order valence-electron chi connectivity index (χ1n) is 12.3. The molecule has 0 bridgehead atoms. The zero-order chi connectivity index (χ0) is 30.3. The molecule has 2 aromatic rings. The first-order chi connectivity index (χ1) is 19.5. The number of esters is 1. The molecule has 1 aliphatic carbocycles. The molecule has 1 aliphatic rings. The van der Waals surface area contributed by atoms with Crippen LogP contribution in [-0.4, -0.2) is 36.5 Å². The fraction of sp³-hybridized carbons (Fsp3) is 0.281. The quantitative estimate of drug-likeness (QED) is 0.126. The van der Waals surface area contributed by atoms with Crippen LogP contribution in [0.15, 0.2) is 66.2 Å². The van der Waals surface area contributed by atoms with Gasteiger partial charge in [-0.15, -0.1) is 0 Å². The molecule has 9 heteroatoms. The molecule has 41 heavy (non-hydrogen) atoms. The molecule has 0 N–H and O–H groups in total. The van der Waals surface area contributed by atoms with Crippen LogP contribution in [0.5, 0.6) is 5.75 Å². The summed E-state index contributed by atoms with van der Waals surface area (Å²) in [5, 5.41) is 0. The number of carbonyl (C=O) groups excluding carboxylic acids is 2. The number of carbonyl (C=O) groups is 2. The largest absolute Gasteiger partial charge is 0 e. The van der Waals surface area contributed by atoms with E-state index in [1.165, 1.54) is 0 Å². The smallest absolute Gasteiger partial charge is 0 e. The minimum Gasteiger partial charge on any atom is 0 e. The van der Waals surface area contributed by atoms with Gasteiger partial charge in [-0.2, -0.15) is 0 Å². The van der Waals surface area contributed by atoms with E-state index in [9.17, 15) is 9.59 Å². The van der Waals surface area contributed by atoms with Crippen LogP contribution in [0.3, 0.4) is 0 Å². The van der Waals surface area contributed by atoms with E-state index in [0.717, 1.165) is 29.2 Å². The summed E-state index contributed by atoms with van der Waals surface area (Å²) in [5.74, 6) is 1.16. The van der Waals surface area contributed by atoms with Gasteiger partial charge in [-0.25, -0.2) is 4.79 Å². The van der Waals surface area contributed by atoms with Crippen molar-refractivity contribution in [1.29, 1.82) is 0 Å². The number of rotatable bonds is 10. The summed E-state index contributed by atoms with van der Waals surface area (Å²) in [6, 6.07) is 17.4. The number of hydrogen-bond acceptors (Lipinski definition) is 4. The third kappa shape index (κ3) is 14.2. The van der Waals surface area contributed by atoms with Crippen molar-refractivity contribution in [3.05, 3.63) is 123 Å². The molecule has 4 radical (unpaired) electrons. The second-order valence-corrected chi connectivity index (χ2v) is 8.27. The molecule has 1 amide bonds. The Morgan fingerprint density at radius 1 is 0.976 bits per heavy atom. The Morgan fingerprint density at radius 3 is 2.10 bits per heavy atom. The van der Waals surface area contributed by atoms with Crippen molar-refractivity contribution in [3.63, 3.8) is 0 Å². The summed E-state index contributed by atoms with van der Waals surface area (Å²) in [7, 11) is 1.63. The summed E-state index contributed by atoms with van der Waals surface area (Å²) in [6.45, 7) is 17.7. The molecular weight excluding hydrogens is 566 g/mol. The topological polar surface area (TPSA) is 116 Å². The summed E-state index contributed by atoms with van der Waals surface area (Å²) in [6.07, 6.45) is 9.90. The van der Waals surface area contributed by atoms with Crippen molar-refractivity contribution in [2.75, 3.05) is 13.7 Å². The Kier molecular flexibility index (Phi) is 23.7. The van der Waals surface area contributed by atoms with Gasteiger partial charge in [-0.3, -0.25) is 4.79 Å². The molecule has 0 aliphatic heterocycles. The standard InChI is InChI=1S/C29H33NO4.3CO.Fe/c1-4-34-29(32)22(2)19-26(20-23-11-7-5-8-12-23)30(28(31)25-13-9-6-10-14-25)21-24-15-17-27(33-3)18-16-24;3*1-2;/h5-9,11-13,15-19,26H,4,10,14,20-21H2,1-3H3;;;;/b22-19-;;;;/t26-;;;;/m1..../s1. The van der Waals surface area contributed by atoms with E-state index in [-0.39, 0.29) is 35.0 Å². The Hall–Kier alpha value is -3.34. The molecule has 0 saturated heterocycles. The van der Waals surface area contributed by atoms with Crippen LogP contribution in [0.1, 0.15) is 37.8 Å². The summed E-state index contributed by atoms with van der Waals surface area (Å²) < 4.78 is 33.0. The van der Waals surface area contributed by atoms with Gasteiger partial charge in [0.15, 0.2) is 0 Å². The van der Waals surface area contributed by atoms with Gasteiger partial charge in [-0.1, -0.05) is 48.5 Å². The molecule has 1 fully saturated rings. The van der Waals surface area contributed by atoms with Crippen molar-refractivity contribution in [2.45, 2.75) is 45.7 Å². The molecule has 0 heterocycles. The van der Waals surface area contributed by atoms with Gasteiger partial charge in [0.1, 0.15) is 5.75 Å². The molecule has 3 rings (SSSR count). The summed E-state index contributed by atoms with van der Waals surface area (Å²) in [5.41, 5.74) is 2.57. The first-order valence-corrected chi connectivity index (χ1v) is 12.3. The second kappa shape index (κ2) is 24.5. The van der Waals surface area contributed by atoms with Crippen LogP contribution in [-0.2, 0) is 58.3 Å². The van der Waals surface area contributed by atoms with Crippen LogP contribution in [0.4, 0.5) is 0 Å². The predicted octanol–water partition coefficient (Wildman–Crippen LogP) is 5.01. The summed E-state index contributed by atoms with van der Waals surface area (Å²) >= 11 is 0. The molecule has 1 atom stereocenters. The van der Waals surface area contributed by atoms with Crippen molar-refractivity contribution in [2.24, 2.45) is 0 Å². The predicted molar refractivity (Wildman–Crippen MR) is 145 cm³/mol. The number of nitrogens with zero attached hydrogens (tertiary/aromatic N) is 1. The number of ether oxygens (including phenoxy) is 2. The molecule has 216 valence electrons. The molecule has 8 nitrogen and oxygen atoms in total. The zero-order valence-corrected chi connectivity index (χ0v) is 24.4. The van der Waals surface area contributed by atoms with Crippen molar-refractivity contribution in [3.8, 4) is 5.75 Å². The van der Waals surface area contributed by atoms with Crippen molar-refractivity contribution < 1.29 is 50.1 Å². The Balaban J connectivity index is 0. The fourth-order valence-corrected chi connectivity index (χ4v) is 3.95. The van der Waals surface area contributed by atoms with Crippen LogP contribution in [0.2, 0.25) is 0 Å². The van der Waals surface area contributed by atoms with Crippen molar-refractivity contribution >= 4 is 11.9 Å². The van der Waals surface area contributed by atoms with E-state index in [1.54, 1.807) is 21.0 Å². The Morgan fingerprint density at radius 2 is 1.59 bits per heavy atom. The normalized spacial score (nSPS) is 13.0. The molecule has 1 saturated carbocycles. The van der Waals surface area contributed by atoms with Gasteiger partial charge in [0, 0.05) is 29.2 Å². The molecular formula is C32H33FeNO7. The van der Waals surface area contributed by atoms with E-state index in [0.29, 0.717) is 31.6 Å². The fourth-order valence-electron chi connectivity index (χ4n) is 3.95. The van der Waals surface area contributed by atoms with Crippen LogP contribution in [0, 0.1) is 45.1 Å². The third-order valence-electron chi connectivity index (χ3n) is 5.79. The maximum absolute atomic E-state index is 13.8. The van der Waals surface area contributed by atoms with Gasteiger partial charge in [0.25, 0.3) is 0 Å². The van der Waals surface area contributed by atoms with E-state index in [1.807, 2.05) is 78.4 Å². The van der Waals surface area contributed by atoms with E-state index >= 15 is 0 Å². The minimum absolute atomic E-state index is 0. The van der Waals surface area contributed by atoms with Crippen LogP contribution < -0.4 is 4.74 Å². The molecule has 0 unspecified atom stereocenters. The average Bonchev–Trinajstić information content (AvgIpc) is 3.03. The van der Waals surface area contributed by atoms with Gasteiger partial charge < -0.3 is 14.4 Å². The van der Waals surface area contributed by atoms with E-state index in [2.05, 4.69) is 26.4 Å². The molecule has 2 aromatic carbocycles. The number of benzene rings is 2. The Labute approximate surface area is 254 Å². The first kappa shape index (κ1) is 39.8. The number of methoxy groups -OCH3 is 1. The van der Waals surface area contributed by atoms with E-state index < -0.39 is 0 Å². The van der Waals surface area contributed by atoms with Crippen LogP contribution >= 0.6 is 0 Å². The molecule has 0 aromatic heterocycles. The maximum atomic E-state index is 13.8. The average molecular weight is 599 g/mol. The Bertz CT molecular complexity index is 1070. The molecule has 0 spiro atoms. The third-order valence-corrected chi connectivity index (χ3v) is 5.79. The monoisotopic (exact) mass is 599 g/mol. The van der Waals surface area contributed by atoms with Gasteiger partial charge in [0.2, 0.25) is 5.91 Å². The second-order valence-electron chi connectivity index (χ2n) is 8.27.